The fraction of sp³-hybridized carbons (Fsp3) is 0.154. The first-order valence-electron chi connectivity index (χ1n) is 5.93. The molecular weight excluding hydrogens is 278 g/mol. The average molecular weight is 291 g/mol. The molecule has 104 valence electrons. The van der Waals surface area contributed by atoms with Crippen LogP contribution in [0.3, 0.4) is 0 Å². The summed E-state index contributed by atoms with van der Waals surface area (Å²) in [5.74, 6) is 1.07. The Hall–Kier alpha value is -2.28. The van der Waals surface area contributed by atoms with Crippen LogP contribution in [0.1, 0.15) is 0 Å². The summed E-state index contributed by atoms with van der Waals surface area (Å²) in [4.78, 5) is 4.38. The van der Waals surface area contributed by atoms with Crippen LogP contribution in [0.15, 0.2) is 41.4 Å². The zero-order chi connectivity index (χ0) is 14.3. The number of pyridine rings is 1. The molecule has 0 spiro atoms. The first kappa shape index (κ1) is 12.7. The zero-order valence-electron chi connectivity index (χ0n) is 11.0. The van der Waals surface area contributed by atoms with Gasteiger partial charge in [-0.3, -0.25) is 4.31 Å². The quantitative estimate of drug-likeness (QED) is 0.869. The van der Waals surface area contributed by atoms with E-state index in [1.54, 1.807) is 30.5 Å². The fourth-order valence-corrected chi connectivity index (χ4v) is 3.44. The van der Waals surface area contributed by atoms with E-state index in [9.17, 15) is 8.42 Å². The number of aromatic nitrogens is 1. The molecule has 0 bridgehead atoms. The molecule has 0 unspecified atom stereocenters. The van der Waals surface area contributed by atoms with E-state index >= 15 is 0 Å². The number of sulfonamides is 1. The van der Waals surface area contributed by atoms with E-state index in [0.29, 0.717) is 22.9 Å². The van der Waals surface area contributed by atoms with E-state index in [-0.39, 0.29) is 4.90 Å². The maximum absolute atomic E-state index is 12.6. The van der Waals surface area contributed by atoms with Crippen LogP contribution in [0.4, 0.5) is 17.2 Å². The molecular formula is C13H13N3O3S. The van der Waals surface area contributed by atoms with Gasteiger partial charge in [0.05, 0.1) is 18.5 Å². The second-order valence-corrected chi connectivity index (χ2v) is 6.27. The van der Waals surface area contributed by atoms with Gasteiger partial charge in [-0.2, -0.15) is 0 Å². The van der Waals surface area contributed by atoms with Crippen molar-refractivity contribution in [2.45, 2.75) is 4.90 Å². The lowest BCUT2D eigenvalue weighted by Gasteiger charge is -2.17. The van der Waals surface area contributed by atoms with Crippen LogP contribution >= 0.6 is 0 Å². The predicted octanol–water partition coefficient (Wildman–Crippen LogP) is 1.97. The Morgan fingerprint density at radius 1 is 1.30 bits per heavy atom. The van der Waals surface area contributed by atoms with Gasteiger partial charge in [-0.1, -0.05) is 0 Å². The van der Waals surface area contributed by atoms with Crippen molar-refractivity contribution >= 4 is 27.2 Å². The van der Waals surface area contributed by atoms with Gasteiger partial charge in [0.1, 0.15) is 10.6 Å². The third-order valence-electron chi connectivity index (χ3n) is 3.20. The van der Waals surface area contributed by atoms with Crippen LogP contribution in [0.2, 0.25) is 0 Å². The van der Waals surface area contributed by atoms with E-state index in [0.717, 1.165) is 0 Å². The van der Waals surface area contributed by atoms with Crippen molar-refractivity contribution in [2.24, 2.45) is 0 Å². The van der Waals surface area contributed by atoms with Crippen molar-refractivity contribution in [2.75, 3.05) is 23.8 Å². The summed E-state index contributed by atoms with van der Waals surface area (Å²) in [6, 6.07) is 8.19. The van der Waals surface area contributed by atoms with Gasteiger partial charge in [-0.05, 0) is 24.3 Å². The highest BCUT2D eigenvalue weighted by Gasteiger charge is 2.30. The number of nitrogens with zero attached hydrogens (tertiary/aromatic N) is 2. The molecule has 2 heterocycles. The third-order valence-corrected chi connectivity index (χ3v) is 5.03. The van der Waals surface area contributed by atoms with Gasteiger partial charge in [-0.15, -0.1) is 0 Å². The molecule has 0 fully saturated rings. The van der Waals surface area contributed by atoms with Gasteiger partial charge >= 0.3 is 0 Å². The van der Waals surface area contributed by atoms with Gasteiger partial charge < -0.3 is 10.1 Å². The maximum atomic E-state index is 12.6. The highest BCUT2D eigenvalue weighted by atomic mass is 32.2. The number of benzene rings is 1. The minimum atomic E-state index is -3.62. The van der Waals surface area contributed by atoms with Gasteiger partial charge in [0.15, 0.2) is 5.82 Å². The summed E-state index contributed by atoms with van der Waals surface area (Å²) in [6.45, 7) is 0. The van der Waals surface area contributed by atoms with E-state index < -0.39 is 10.0 Å². The van der Waals surface area contributed by atoms with Crippen LogP contribution in [0.5, 0.6) is 5.75 Å². The molecule has 1 aliphatic rings. The van der Waals surface area contributed by atoms with E-state index in [1.165, 1.54) is 24.5 Å². The number of methoxy groups -OCH3 is 1. The van der Waals surface area contributed by atoms with Crippen molar-refractivity contribution in [1.82, 2.24) is 4.98 Å². The zero-order valence-corrected chi connectivity index (χ0v) is 11.8. The lowest BCUT2D eigenvalue weighted by Crippen LogP contribution is -2.25. The van der Waals surface area contributed by atoms with Crippen LogP contribution in [0.25, 0.3) is 0 Å². The van der Waals surface area contributed by atoms with E-state index in [2.05, 4.69) is 10.3 Å². The molecule has 2 aromatic rings. The van der Waals surface area contributed by atoms with Crippen LogP contribution < -0.4 is 14.4 Å². The molecule has 6 nitrogen and oxygen atoms in total. The molecule has 0 amide bonds. The van der Waals surface area contributed by atoms with E-state index in [1.807, 2.05) is 0 Å². The van der Waals surface area contributed by atoms with Crippen molar-refractivity contribution in [3.05, 3.63) is 36.5 Å². The molecule has 0 aliphatic carbocycles. The van der Waals surface area contributed by atoms with Crippen molar-refractivity contribution < 1.29 is 13.2 Å². The summed E-state index contributed by atoms with van der Waals surface area (Å²) in [6.07, 6.45) is 1.61. The van der Waals surface area contributed by atoms with Crippen molar-refractivity contribution in [1.29, 1.82) is 0 Å². The molecule has 3 rings (SSSR count). The Morgan fingerprint density at radius 2 is 2.10 bits per heavy atom. The Labute approximate surface area is 117 Å². The number of nitrogens with one attached hydrogen (secondary N) is 1. The molecule has 7 heteroatoms. The normalized spacial score (nSPS) is 15.6. The smallest absolute Gasteiger partial charge is 0.266 e. The van der Waals surface area contributed by atoms with E-state index in [4.69, 9.17) is 4.74 Å². The predicted molar refractivity (Wildman–Crippen MR) is 76.1 cm³/mol. The first-order chi connectivity index (χ1) is 9.54. The molecule has 0 atom stereocenters. The highest BCUT2D eigenvalue weighted by molar-refractivity contribution is 7.93. The lowest BCUT2D eigenvalue weighted by atomic mass is 10.3. The number of fused-ring (bicyclic) bond motifs is 2. The summed E-state index contributed by atoms with van der Waals surface area (Å²) >= 11 is 0. The first-order valence-corrected chi connectivity index (χ1v) is 7.37. The highest BCUT2D eigenvalue weighted by Crippen LogP contribution is 2.38. The number of ether oxygens (including phenoxy) is 1. The topological polar surface area (TPSA) is 71.5 Å². The van der Waals surface area contributed by atoms with Crippen molar-refractivity contribution in [3.8, 4) is 5.75 Å². The number of hydrogen-bond donors (Lipinski definition) is 1. The summed E-state index contributed by atoms with van der Waals surface area (Å²) < 4.78 is 31.6. The lowest BCUT2D eigenvalue weighted by molar-refractivity contribution is 0.414. The largest absolute Gasteiger partial charge is 0.497 e. The molecule has 0 radical (unpaired) electrons. The second kappa shape index (κ2) is 4.38. The molecule has 1 aromatic carbocycles. The monoisotopic (exact) mass is 291 g/mol. The Kier molecular flexibility index (Phi) is 2.79. The second-order valence-electron chi connectivity index (χ2n) is 4.33. The fourth-order valence-electron chi connectivity index (χ4n) is 2.11. The van der Waals surface area contributed by atoms with Crippen LogP contribution in [-0.2, 0) is 10.0 Å². The third kappa shape index (κ3) is 1.78. The Bertz CT molecular complexity index is 774. The Morgan fingerprint density at radius 3 is 2.85 bits per heavy atom. The molecule has 20 heavy (non-hydrogen) atoms. The van der Waals surface area contributed by atoms with Gasteiger partial charge in [0.25, 0.3) is 10.0 Å². The summed E-state index contributed by atoms with van der Waals surface area (Å²) in [5, 5.41) is 3.05. The van der Waals surface area contributed by atoms with Crippen LogP contribution in [0, 0.1) is 0 Å². The summed E-state index contributed by atoms with van der Waals surface area (Å²) in [5.41, 5.74) is 0.955. The molecule has 1 aromatic heterocycles. The van der Waals surface area contributed by atoms with Crippen molar-refractivity contribution in [3.63, 3.8) is 0 Å². The van der Waals surface area contributed by atoms with Crippen LogP contribution in [-0.4, -0.2) is 27.6 Å². The van der Waals surface area contributed by atoms with Gasteiger partial charge in [0.2, 0.25) is 0 Å². The maximum Gasteiger partial charge on any atom is 0.266 e. The molecule has 0 saturated heterocycles. The SMILES string of the molecule is COc1ccc2c(c1)Nc1ncccc1N(C)S2(=O)=O. The summed E-state index contributed by atoms with van der Waals surface area (Å²) in [7, 11) is -0.577. The average Bonchev–Trinajstić information content (AvgIpc) is 2.53. The number of rotatable bonds is 1. The molecule has 1 aliphatic heterocycles. The minimum absolute atomic E-state index is 0.193. The molecule has 1 N–H and O–H groups in total. The van der Waals surface area contributed by atoms with Gasteiger partial charge in [-0.25, -0.2) is 13.4 Å². The Balaban J connectivity index is 2.30. The number of hydrogen-bond acceptors (Lipinski definition) is 5. The standard InChI is InChI=1S/C13H13N3O3S/c1-16-11-4-3-7-14-13(11)15-10-8-9(19-2)5-6-12(10)20(16,17)18/h3-8H,1-2H3,(H,14,15). The minimum Gasteiger partial charge on any atom is -0.497 e. The van der Waals surface area contributed by atoms with Gasteiger partial charge in [0, 0.05) is 19.3 Å². The molecule has 0 saturated carbocycles. The number of anilines is 3.